The predicted molar refractivity (Wildman–Crippen MR) is 72.0 cm³/mol. The third-order valence-corrected chi connectivity index (χ3v) is 3.06. The van der Waals surface area contributed by atoms with Crippen molar-refractivity contribution in [1.82, 2.24) is 0 Å². The lowest BCUT2D eigenvalue weighted by atomic mass is 10.1. The van der Waals surface area contributed by atoms with E-state index in [0.717, 1.165) is 0 Å². The third kappa shape index (κ3) is 4.10. The Kier molecular flexibility index (Phi) is 4.66. The highest BCUT2D eigenvalue weighted by Gasteiger charge is 2.19. The van der Waals surface area contributed by atoms with Crippen molar-refractivity contribution in [2.45, 2.75) is 12.5 Å². The number of nitrogens with zero attached hydrogens (tertiary/aromatic N) is 1. The van der Waals surface area contributed by atoms with Crippen LogP contribution in [0.3, 0.4) is 0 Å². The van der Waals surface area contributed by atoms with E-state index >= 15 is 0 Å². The number of hydrogen-bond donors (Lipinski definition) is 3. The second-order valence-electron chi connectivity index (χ2n) is 3.93. The number of hydrogen-bond acceptors (Lipinski definition) is 5. The molecule has 0 aliphatic rings. The molecule has 17 heavy (non-hydrogen) atoms. The van der Waals surface area contributed by atoms with Crippen LogP contribution in [0, 0.1) is 13.7 Å². The molecule has 0 aliphatic heterocycles. The van der Waals surface area contributed by atoms with E-state index in [4.69, 9.17) is 5.11 Å². The lowest BCUT2D eigenvalue weighted by molar-refractivity contribution is -0.384. The van der Waals surface area contributed by atoms with Crippen LogP contribution in [0.15, 0.2) is 18.2 Å². The number of benzene rings is 1. The normalized spacial score (nSPS) is 14.1. The Hall–Kier alpha value is -0.930. The fourth-order valence-electron chi connectivity index (χ4n) is 1.10. The minimum atomic E-state index is -1.22. The summed E-state index contributed by atoms with van der Waals surface area (Å²) in [5, 5.41) is 31.9. The lowest BCUT2D eigenvalue weighted by Crippen LogP contribution is -2.37. The summed E-state index contributed by atoms with van der Waals surface area (Å²) in [4.78, 5) is 10.1. The highest BCUT2D eigenvalue weighted by atomic mass is 127. The molecule has 0 saturated carbocycles. The summed E-state index contributed by atoms with van der Waals surface area (Å²) >= 11 is 1.97. The molecule has 0 heterocycles. The Bertz CT molecular complexity index is 423. The predicted octanol–water partition coefficient (Wildman–Crippen LogP) is 1.35. The van der Waals surface area contributed by atoms with Gasteiger partial charge in [-0.15, -0.1) is 0 Å². The molecule has 0 aromatic heterocycles. The molecule has 0 saturated heterocycles. The fourth-order valence-corrected chi connectivity index (χ4v) is 1.79. The molecule has 0 amide bonds. The number of anilines is 1. The molecule has 1 atom stereocenters. The number of rotatable bonds is 5. The van der Waals surface area contributed by atoms with Crippen LogP contribution in [-0.2, 0) is 0 Å². The SMILES string of the molecule is CC(O)(CO)CNc1ccc([N+](=O)[O-])cc1I. The van der Waals surface area contributed by atoms with Crippen LogP contribution < -0.4 is 5.32 Å². The van der Waals surface area contributed by atoms with Gasteiger partial charge in [-0.1, -0.05) is 0 Å². The highest BCUT2D eigenvalue weighted by molar-refractivity contribution is 14.1. The Balaban J connectivity index is 2.77. The van der Waals surface area contributed by atoms with Crippen molar-refractivity contribution >= 4 is 34.0 Å². The Morgan fingerprint density at radius 2 is 2.24 bits per heavy atom. The maximum atomic E-state index is 10.5. The zero-order chi connectivity index (χ0) is 13.1. The first-order valence-electron chi connectivity index (χ1n) is 4.87. The van der Waals surface area contributed by atoms with Crippen LogP contribution in [0.2, 0.25) is 0 Å². The summed E-state index contributed by atoms with van der Waals surface area (Å²) in [6, 6.07) is 4.40. The highest BCUT2D eigenvalue weighted by Crippen LogP contribution is 2.24. The Labute approximate surface area is 112 Å². The first kappa shape index (κ1) is 14.1. The van der Waals surface area contributed by atoms with Gasteiger partial charge in [-0.05, 0) is 35.6 Å². The molecular formula is C10H13IN2O4. The third-order valence-electron chi connectivity index (χ3n) is 2.16. The van der Waals surface area contributed by atoms with Crippen molar-refractivity contribution in [3.63, 3.8) is 0 Å². The summed E-state index contributed by atoms with van der Waals surface area (Å²) in [7, 11) is 0. The summed E-state index contributed by atoms with van der Waals surface area (Å²) < 4.78 is 0.686. The van der Waals surface area contributed by atoms with Gasteiger partial charge in [0, 0.05) is 27.9 Å². The first-order chi connectivity index (χ1) is 7.85. The molecule has 1 aromatic carbocycles. The zero-order valence-corrected chi connectivity index (χ0v) is 11.3. The summed E-state index contributed by atoms with van der Waals surface area (Å²) in [6.45, 7) is 1.30. The van der Waals surface area contributed by atoms with Gasteiger partial charge >= 0.3 is 0 Å². The molecule has 3 N–H and O–H groups in total. The first-order valence-corrected chi connectivity index (χ1v) is 5.95. The van der Waals surface area contributed by atoms with E-state index in [1.165, 1.54) is 19.1 Å². The number of nitro groups is 1. The topological polar surface area (TPSA) is 95.6 Å². The number of halogens is 1. The van der Waals surface area contributed by atoms with Crippen LogP contribution >= 0.6 is 22.6 Å². The van der Waals surface area contributed by atoms with Crippen LogP contribution in [0.4, 0.5) is 11.4 Å². The van der Waals surface area contributed by atoms with Gasteiger partial charge in [0.15, 0.2) is 0 Å². The number of nitro benzene ring substituents is 1. The van der Waals surface area contributed by atoms with E-state index in [-0.39, 0.29) is 18.8 Å². The minimum Gasteiger partial charge on any atom is -0.393 e. The van der Waals surface area contributed by atoms with E-state index in [1.807, 2.05) is 22.6 Å². The molecule has 94 valence electrons. The van der Waals surface area contributed by atoms with E-state index < -0.39 is 10.5 Å². The molecule has 0 radical (unpaired) electrons. The van der Waals surface area contributed by atoms with Crippen molar-refractivity contribution in [1.29, 1.82) is 0 Å². The monoisotopic (exact) mass is 352 g/mol. The van der Waals surface area contributed by atoms with Crippen molar-refractivity contribution in [3.8, 4) is 0 Å². The smallest absolute Gasteiger partial charge is 0.270 e. The van der Waals surface area contributed by atoms with Crippen LogP contribution in [0.5, 0.6) is 0 Å². The maximum Gasteiger partial charge on any atom is 0.270 e. The molecule has 0 aliphatic carbocycles. The standard InChI is InChI=1S/C10H13IN2O4/c1-10(15,6-14)5-12-9-3-2-7(13(16)17)4-8(9)11/h2-4,12,14-15H,5-6H2,1H3. The number of nitrogens with one attached hydrogen (secondary N) is 1. The van der Waals surface area contributed by atoms with E-state index in [9.17, 15) is 15.2 Å². The number of aliphatic hydroxyl groups excluding tert-OH is 1. The maximum absolute atomic E-state index is 10.5. The van der Waals surface area contributed by atoms with E-state index in [0.29, 0.717) is 9.26 Å². The van der Waals surface area contributed by atoms with Crippen molar-refractivity contribution in [3.05, 3.63) is 31.9 Å². The van der Waals surface area contributed by atoms with Gasteiger partial charge in [0.05, 0.1) is 11.5 Å². The molecule has 0 fully saturated rings. The van der Waals surface area contributed by atoms with Gasteiger partial charge in [-0.3, -0.25) is 10.1 Å². The van der Waals surface area contributed by atoms with Gasteiger partial charge in [0.2, 0.25) is 0 Å². The average molecular weight is 352 g/mol. The van der Waals surface area contributed by atoms with Crippen LogP contribution in [0.25, 0.3) is 0 Å². The molecule has 1 unspecified atom stereocenters. The minimum absolute atomic E-state index is 0.0221. The summed E-state index contributed by atoms with van der Waals surface area (Å²) in [5.41, 5.74) is -0.510. The van der Waals surface area contributed by atoms with Gasteiger partial charge in [-0.25, -0.2) is 0 Å². The number of non-ortho nitro benzene ring substituents is 1. The molecule has 7 heteroatoms. The van der Waals surface area contributed by atoms with Gasteiger partial charge in [0.25, 0.3) is 5.69 Å². The molecular weight excluding hydrogens is 339 g/mol. The van der Waals surface area contributed by atoms with Gasteiger partial charge in [0.1, 0.15) is 5.60 Å². The molecule has 6 nitrogen and oxygen atoms in total. The second-order valence-corrected chi connectivity index (χ2v) is 5.09. The largest absolute Gasteiger partial charge is 0.393 e. The van der Waals surface area contributed by atoms with Crippen molar-refractivity contribution < 1.29 is 15.1 Å². The molecule has 0 bridgehead atoms. The Morgan fingerprint density at radius 1 is 1.59 bits per heavy atom. The van der Waals surface area contributed by atoms with E-state index in [2.05, 4.69) is 5.32 Å². The average Bonchev–Trinajstić information content (AvgIpc) is 2.27. The van der Waals surface area contributed by atoms with Crippen LogP contribution in [0.1, 0.15) is 6.92 Å². The second kappa shape index (κ2) is 5.61. The quantitative estimate of drug-likeness (QED) is 0.423. The molecule has 1 rings (SSSR count). The fraction of sp³-hybridized carbons (Fsp3) is 0.400. The van der Waals surface area contributed by atoms with Crippen LogP contribution in [-0.4, -0.2) is 33.9 Å². The van der Waals surface area contributed by atoms with E-state index in [1.54, 1.807) is 6.07 Å². The molecule has 0 spiro atoms. The van der Waals surface area contributed by atoms with Gasteiger partial charge < -0.3 is 15.5 Å². The van der Waals surface area contributed by atoms with Crippen molar-refractivity contribution in [2.75, 3.05) is 18.5 Å². The summed E-state index contributed by atoms with van der Waals surface area (Å²) in [6.07, 6.45) is 0. The number of aliphatic hydroxyl groups is 2. The lowest BCUT2D eigenvalue weighted by Gasteiger charge is -2.21. The van der Waals surface area contributed by atoms with Crippen molar-refractivity contribution in [2.24, 2.45) is 0 Å². The molecule has 1 aromatic rings. The zero-order valence-electron chi connectivity index (χ0n) is 9.18. The van der Waals surface area contributed by atoms with Gasteiger partial charge in [-0.2, -0.15) is 0 Å². The Morgan fingerprint density at radius 3 is 2.71 bits per heavy atom. The summed E-state index contributed by atoms with van der Waals surface area (Å²) in [5.74, 6) is 0.